The highest BCUT2D eigenvalue weighted by atomic mass is 35.5. The molecule has 2 aliphatic rings. The van der Waals surface area contributed by atoms with Gasteiger partial charge in [-0.05, 0) is 43.5 Å². The van der Waals surface area contributed by atoms with Gasteiger partial charge >= 0.3 is 5.97 Å². The Bertz CT molecular complexity index is 870. The van der Waals surface area contributed by atoms with Gasteiger partial charge in [0.1, 0.15) is 18.0 Å². The molecule has 0 bridgehead atoms. The van der Waals surface area contributed by atoms with E-state index >= 15 is 0 Å². The van der Waals surface area contributed by atoms with Crippen LogP contribution in [0.5, 0.6) is 0 Å². The van der Waals surface area contributed by atoms with E-state index in [2.05, 4.69) is 6.07 Å². The van der Waals surface area contributed by atoms with Crippen LogP contribution in [0.2, 0.25) is 5.02 Å². The van der Waals surface area contributed by atoms with E-state index in [1.807, 2.05) is 0 Å². The third kappa shape index (κ3) is 4.73. The number of allylic oxidation sites excluding steroid dienone is 1. The summed E-state index contributed by atoms with van der Waals surface area (Å²) in [6.07, 6.45) is 4.59. The maximum Gasteiger partial charge on any atom is 0.326 e. The van der Waals surface area contributed by atoms with E-state index in [1.54, 1.807) is 18.2 Å². The molecule has 1 fully saturated rings. The molecule has 3 unspecified atom stereocenters. The van der Waals surface area contributed by atoms with Crippen molar-refractivity contribution >= 4 is 23.1 Å². The lowest BCUT2D eigenvalue weighted by atomic mass is 9.95. The fourth-order valence-corrected chi connectivity index (χ4v) is 3.86. The summed E-state index contributed by atoms with van der Waals surface area (Å²) in [7, 11) is 1.45. The van der Waals surface area contributed by atoms with Crippen LogP contribution in [0.25, 0.3) is 5.57 Å². The number of hydrogen-bond donors (Lipinski definition) is 2. The van der Waals surface area contributed by atoms with Crippen LogP contribution >= 0.6 is 11.6 Å². The summed E-state index contributed by atoms with van der Waals surface area (Å²) < 4.78 is 11.1. The number of carbonyl (C=O) groups is 1. The Morgan fingerprint density at radius 2 is 2.28 bits per heavy atom. The number of halogens is 1. The number of hydrogen-bond acceptors (Lipinski definition) is 6. The van der Waals surface area contributed by atoms with Crippen LogP contribution in [0.3, 0.4) is 0 Å². The first-order valence-corrected chi connectivity index (χ1v) is 9.80. The second-order valence-electron chi connectivity index (χ2n) is 7.02. The van der Waals surface area contributed by atoms with Crippen molar-refractivity contribution in [3.8, 4) is 6.07 Å². The zero-order valence-electron chi connectivity index (χ0n) is 16.0. The summed E-state index contributed by atoms with van der Waals surface area (Å²) in [5.74, 6) is -0.716. The minimum absolute atomic E-state index is 0.167. The highest BCUT2D eigenvalue weighted by Crippen LogP contribution is 2.34. The van der Waals surface area contributed by atoms with E-state index in [0.717, 1.165) is 19.3 Å². The molecule has 29 heavy (non-hydrogen) atoms. The van der Waals surface area contributed by atoms with Crippen molar-refractivity contribution in [2.45, 2.75) is 44.1 Å². The quantitative estimate of drug-likeness (QED) is 0.731. The predicted octanol–water partition coefficient (Wildman–Crippen LogP) is 3.13. The van der Waals surface area contributed by atoms with Gasteiger partial charge in [-0.2, -0.15) is 5.26 Å². The van der Waals surface area contributed by atoms with Crippen LogP contribution in [0.4, 0.5) is 0 Å². The van der Waals surface area contributed by atoms with Crippen molar-refractivity contribution in [3.05, 3.63) is 52.4 Å². The molecule has 0 spiro atoms. The van der Waals surface area contributed by atoms with Gasteiger partial charge < -0.3 is 24.6 Å². The number of benzene rings is 1. The highest BCUT2D eigenvalue weighted by Gasteiger charge is 2.34. The second-order valence-corrected chi connectivity index (χ2v) is 7.46. The van der Waals surface area contributed by atoms with E-state index in [9.17, 15) is 20.3 Å². The Hall–Kier alpha value is -2.53. The zero-order valence-corrected chi connectivity index (χ0v) is 16.8. The van der Waals surface area contributed by atoms with Crippen LogP contribution in [0, 0.1) is 11.3 Å². The summed E-state index contributed by atoms with van der Waals surface area (Å²) in [5.41, 5.74) is 1.36. The first-order valence-electron chi connectivity index (χ1n) is 9.42. The lowest BCUT2D eigenvalue weighted by molar-refractivity contribution is -0.147. The minimum Gasteiger partial charge on any atom is -0.495 e. The second kappa shape index (κ2) is 9.31. The molecular weight excluding hydrogens is 396 g/mol. The standard InChI is InChI=1S/C21H23ClN2O5/c1-28-19-12-24(18(21(26)27)9-15-4-2-3-7-29-15)20(25)10-17(19)16-8-14(22)6-5-13(16)11-23/h5-6,8,10,12,15,18,20,25H,2-4,7,9H2,1H3,(H,26,27). The number of nitriles is 1. The van der Waals surface area contributed by atoms with Crippen LogP contribution in [-0.4, -0.2) is 53.2 Å². The van der Waals surface area contributed by atoms with Crippen LogP contribution in [0.15, 0.2) is 36.2 Å². The lowest BCUT2D eigenvalue weighted by Crippen LogP contribution is -2.47. The molecule has 0 amide bonds. The molecule has 7 nitrogen and oxygen atoms in total. The molecule has 1 aromatic rings. The van der Waals surface area contributed by atoms with Gasteiger partial charge in [-0.25, -0.2) is 4.79 Å². The van der Waals surface area contributed by atoms with E-state index < -0.39 is 18.2 Å². The molecule has 0 aliphatic carbocycles. The number of carboxylic acid groups (broad SMARTS) is 1. The van der Waals surface area contributed by atoms with Gasteiger partial charge in [0.25, 0.3) is 0 Å². The molecule has 2 N–H and O–H groups in total. The fourth-order valence-electron chi connectivity index (χ4n) is 3.69. The maximum atomic E-state index is 11.9. The minimum atomic E-state index is -1.21. The van der Waals surface area contributed by atoms with Crippen molar-refractivity contribution in [2.24, 2.45) is 0 Å². The van der Waals surface area contributed by atoms with Crippen molar-refractivity contribution in [2.75, 3.05) is 13.7 Å². The van der Waals surface area contributed by atoms with Crippen LogP contribution in [0.1, 0.15) is 36.8 Å². The fraction of sp³-hybridized carbons (Fsp3) is 0.429. The van der Waals surface area contributed by atoms with Crippen LogP contribution < -0.4 is 0 Å². The molecular formula is C21H23ClN2O5. The Labute approximate surface area is 174 Å². The Morgan fingerprint density at radius 1 is 1.48 bits per heavy atom. The summed E-state index contributed by atoms with van der Waals surface area (Å²) in [6.45, 7) is 0.620. The molecule has 154 valence electrons. The molecule has 1 saturated heterocycles. The third-order valence-corrected chi connectivity index (χ3v) is 5.41. The van der Waals surface area contributed by atoms with Gasteiger partial charge in [0, 0.05) is 35.4 Å². The van der Waals surface area contributed by atoms with Crippen molar-refractivity contribution in [1.29, 1.82) is 5.26 Å². The topological polar surface area (TPSA) is 103 Å². The first-order chi connectivity index (χ1) is 13.9. The molecule has 0 radical (unpaired) electrons. The largest absolute Gasteiger partial charge is 0.495 e. The summed E-state index contributed by atoms with van der Waals surface area (Å²) in [6, 6.07) is 5.93. The Kier molecular flexibility index (Phi) is 6.80. The van der Waals surface area contributed by atoms with Gasteiger partial charge in [-0.15, -0.1) is 0 Å². The molecule has 2 aliphatic heterocycles. The highest BCUT2D eigenvalue weighted by molar-refractivity contribution is 6.30. The smallest absolute Gasteiger partial charge is 0.326 e. The number of aliphatic carboxylic acids is 1. The first kappa shape index (κ1) is 21.2. The van der Waals surface area contributed by atoms with E-state index in [-0.39, 0.29) is 12.5 Å². The Balaban J connectivity index is 1.92. The van der Waals surface area contributed by atoms with Gasteiger partial charge in [-0.3, -0.25) is 0 Å². The molecule has 0 saturated carbocycles. The number of nitrogens with zero attached hydrogens (tertiary/aromatic N) is 2. The number of aliphatic hydroxyl groups excluding tert-OH is 1. The lowest BCUT2D eigenvalue weighted by Gasteiger charge is -2.36. The molecule has 3 rings (SSSR count). The third-order valence-electron chi connectivity index (χ3n) is 5.17. The van der Waals surface area contributed by atoms with E-state index in [1.165, 1.54) is 24.3 Å². The number of methoxy groups -OCH3 is 1. The van der Waals surface area contributed by atoms with Crippen LogP contribution in [-0.2, 0) is 14.3 Å². The summed E-state index contributed by atoms with van der Waals surface area (Å²) >= 11 is 6.09. The zero-order chi connectivity index (χ0) is 21.0. The van der Waals surface area contributed by atoms with Gasteiger partial charge in [0.05, 0.1) is 24.8 Å². The van der Waals surface area contributed by atoms with Gasteiger partial charge in [-0.1, -0.05) is 11.6 Å². The monoisotopic (exact) mass is 418 g/mol. The normalized spacial score (nSPS) is 22.9. The number of rotatable bonds is 6. The number of ether oxygens (including phenoxy) is 2. The molecule has 0 aromatic heterocycles. The van der Waals surface area contributed by atoms with Crippen molar-refractivity contribution < 1.29 is 24.5 Å². The number of carboxylic acids is 1. The SMILES string of the molecule is COC1=CN(C(CC2CCCCO2)C(=O)O)C(O)C=C1c1cc(Cl)ccc1C#N. The average Bonchev–Trinajstić information content (AvgIpc) is 2.72. The summed E-state index contributed by atoms with van der Waals surface area (Å²) in [4.78, 5) is 13.3. The molecule has 2 heterocycles. The molecule has 1 aromatic carbocycles. The maximum absolute atomic E-state index is 11.9. The van der Waals surface area contributed by atoms with Crippen molar-refractivity contribution in [1.82, 2.24) is 4.90 Å². The average molecular weight is 419 g/mol. The van der Waals surface area contributed by atoms with Gasteiger partial charge in [0.2, 0.25) is 0 Å². The number of aliphatic hydroxyl groups is 1. The predicted molar refractivity (Wildman–Crippen MR) is 107 cm³/mol. The van der Waals surface area contributed by atoms with Gasteiger partial charge in [0.15, 0.2) is 0 Å². The molecule has 3 atom stereocenters. The van der Waals surface area contributed by atoms with E-state index in [4.69, 9.17) is 21.1 Å². The molecule has 8 heteroatoms. The summed E-state index contributed by atoms with van der Waals surface area (Å²) in [5, 5.41) is 30.4. The Morgan fingerprint density at radius 3 is 2.90 bits per heavy atom. The van der Waals surface area contributed by atoms with E-state index in [0.29, 0.717) is 34.1 Å². The van der Waals surface area contributed by atoms with Crippen molar-refractivity contribution in [3.63, 3.8) is 0 Å².